The van der Waals surface area contributed by atoms with Gasteiger partial charge in [0.05, 0.1) is 5.97 Å². The van der Waals surface area contributed by atoms with Gasteiger partial charge in [-0.3, -0.25) is 0 Å². The molecule has 0 aromatic rings. The number of carboxylic acids is 1. The van der Waals surface area contributed by atoms with E-state index in [1.165, 1.54) is 0 Å². The molecule has 4 aliphatic rings. The molecule has 0 amide bonds. The summed E-state index contributed by atoms with van der Waals surface area (Å²) in [5.41, 5.74) is -40.0. The molecule has 0 N–H and O–H groups in total. The Kier molecular flexibility index (Phi) is 5.44. The number of allylic oxidation sites excluding steroid dienone is 1. The molecule has 0 unspecified atom stereocenters. The van der Waals surface area contributed by atoms with Crippen LogP contribution in [0.25, 0.3) is 0 Å². The highest BCUT2D eigenvalue weighted by atomic mass is 19.4. The van der Waals surface area contributed by atoms with Gasteiger partial charge in [0.15, 0.2) is 0 Å². The zero-order valence-corrected chi connectivity index (χ0v) is 18.5. The summed E-state index contributed by atoms with van der Waals surface area (Å²) < 4.78 is 270. The average Bonchev–Trinajstić information content (AvgIpc) is 2.65. The van der Waals surface area contributed by atoms with Crippen molar-refractivity contribution in [3.63, 3.8) is 0 Å². The predicted octanol–water partition coefficient (Wildman–Crippen LogP) is 5.33. The van der Waals surface area contributed by atoms with Gasteiger partial charge >= 0.3 is 58.7 Å². The van der Waals surface area contributed by atoms with Gasteiger partial charge in [0.1, 0.15) is 16.9 Å². The Bertz CT molecular complexity index is 1050. The Morgan fingerprint density at radius 3 is 1.00 bits per heavy atom. The number of rotatable bonds is 3. The maximum Gasteiger partial charge on any atom is 0.421 e. The molecule has 0 heterocycles. The summed E-state index contributed by atoms with van der Waals surface area (Å²) in [5.74, 6) is -58.4. The van der Waals surface area contributed by atoms with Crippen LogP contribution in [0.15, 0.2) is 11.3 Å². The topological polar surface area (TPSA) is 49.4 Å². The number of carbonyl (C=O) groups is 1. The fourth-order valence-corrected chi connectivity index (χ4v) is 5.24. The second-order valence-corrected chi connectivity index (χ2v) is 9.88. The average molecular weight is 615 g/mol. The Morgan fingerprint density at radius 1 is 0.564 bits per heavy atom. The first-order valence-corrected chi connectivity index (χ1v) is 9.72. The van der Waals surface area contributed by atoms with E-state index in [1.54, 1.807) is 0 Å². The Labute approximate surface area is 202 Å². The Morgan fingerprint density at radius 2 is 0.821 bits per heavy atom. The summed E-state index contributed by atoms with van der Waals surface area (Å²) in [5, 5.41) is 11.2. The van der Waals surface area contributed by atoms with Crippen molar-refractivity contribution in [1.29, 1.82) is 0 Å². The van der Waals surface area contributed by atoms with Crippen molar-refractivity contribution < 1.29 is 93.7 Å². The largest absolute Gasteiger partial charge is 0.545 e. The lowest BCUT2D eigenvalue weighted by molar-refractivity contribution is -0.609. The number of hydrogen-bond donors (Lipinski definition) is 0. The van der Waals surface area contributed by atoms with Crippen LogP contribution in [-0.2, 0) is 9.53 Å². The zero-order chi connectivity index (χ0) is 31.4. The Hall–Kier alpha value is -2.25. The molecule has 0 spiro atoms. The van der Waals surface area contributed by atoms with Crippen molar-refractivity contribution in [2.75, 3.05) is 0 Å². The lowest BCUT2D eigenvalue weighted by Crippen LogP contribution is -3.07. The van der Waals surface area contributed by atoms with Crippen LogP contribution >= 0.6 is 0 Å². The van der Waals surface area contributed by atoms with E-state index in [1.807, 2.05) is 0 Å². The zero-order valence-electron chi connectivity index (χ0n) is 18.5. The molecule has 0 aromatic heterocycles. The SMILES string of the molecule is CC(C)(C)OC(=C(C(=O)[O-])C(F)(F)F)C12C(F)(F)C3(F)C(F)(F)C(F)(C(F)(F)C(F)(C3(F)F)C1(F)F)C2(F)F. The maximum absolute atomic E-state index is 15.4. The molecule has 4 rings (SSSR count). The van der Waals surface area contributed by atoms with Gasteiger partial charge in [-0.25, -0.2) is 39.5 Å². The molecule has 0 aliphatic heterocycles. The molecule has 4 fully saturated rings. The summed E-state index contributed by atoms with van der Waals surface area (Å²) in [6, 6.07) is 0. The van der Waals surface area contributed by atoms with E-state index in [-0.39, 0.29) is 20.8 Å². The van der Waals surface area contributed by atoms with E-state index < -0.39 is 87.0 Å². The van der Waals surface area contributed by atoms with Gasteiger partial charge in [0.25, 0.3) is 0 Å². The first-order chi connectivity index (χ1) is 16.7. The van der Waals surface area contributed by atoms with E-state index in [9.17, 15) is 49.4 Å². The Balaban J connectivity index is 2.90. The first-order valence-electron chi connectivity index (χ1n) is 9.72. The van der Waals surface area contributed by atoms with E-state index in [0.717, 1.165) is 0 Å². The molecule has 39 heavy (non-hydrogen) atoms. The maximum atomic E-state index is 15.4. The van der Waals surface area contributed by atoms with Gasteiger partial charge in [-0.1, -0.05) is 0 Å². The van der Waals surface area contributed by atoms with Crippen LogP contribution in [0.4, 0.5) is 79.0 Å². The van der Waals surface area contributed by atoms with Gasteiger partial charge in [-0.05, 0) is 20.8 Å². The van der Waals surface area contributed by atoms with Crippen LogP contribution in [0.1, 0.15) is 20.8 Å². The highest BCUT2D eigenvalue weighted by Crippen LogP contribution is 2.92. The first kappa shape index (κ1) is 31.3. The smallest absolute Gasteiger partial charge is 0.421 e. The highest BCUT2D eigenvalue weighted by Gasteiger charge is 3.23. The standard InChI is InChI=1S/C18H10F18O3/c1-7(2,3)39-5(4(6(37)38)9(19,20)21)8-13(25,26)10(22)16(31,32)11(23,14(8,27)28)18(35,36)12(24,15(8,29)30)17(10,33)34/h1-3H3,(H,37,38)/p-1. The minimum absolute atomic E-state index is 0.227. The summed E-state index contributed by atoms with van der Waals surface area (Å²) in [6.45, 7) is 0.681. The number of aliphatic carboxylic acids is 1. The summed E-state index contributed by atoms with van der Waals surface area (Å²) in [6.07, 6.45) is -7.10. The highest BCUT2D eigenvalue weighted by molar-refractivity contribution is 5.87. The monoisotopic (exact) mass is 615 g/mol. The van der Waals surface area contributed by atoms with E-state index in [4.69, 9.17) is 0 Å². The van der Waals surface area contributed by atoms with Crippen LogP contribution in [-0.4, -0.2) is 70.3 Å². The molecule has 0 saturated heterocycles. The summed E-state index contributed by atoms with van der Waals surface area (Å²) in [7, 11) is 0. The van der Waals surface area contributed by atoms with Crippen LogP contribution in [0, 0.1) is 5.41 Å². The molecule has 4 aliphatic carbocycles. The number of halogens is 18. The number of carbonyl (C=O) groups excluding carboxylic acids is 1. The number of hydrogen-bond acceptors (Lipinski definition) is 3. The molecular formula is C18H9F18O3-. The van der Waals surface area contributed by atoms with Crippen molar-refractivity contribution in [1.82, 2.24) is 0 Å². The summed E-state index contributed by atoms with van der Waals surface area (Å²) >= 11 is 0. The second-order valence-electron chi connectivity index (χ2n) is 9.88. The number of alkyl halides is 18. The van der Waals surface area contributed by atoms with Crippen LogP contribution in [0.2, 0.25) is 0 Å². The normalized spacial score (nSPS) is 41.2. The van der Waals surface area contributed by atoms with Gasteiger partial charge in [0, 0.05) is 0 Å². The molecule has 4 saturated carbocycles. The van der Waals surface area contributed by atoms with Crippen LogP contribution < -0.4 is 5.11 Å². The van der Waals surface area contributed by atoms with Gasteiger partial charge in [0.2, 0.25) is 5.41 Å². The van der Waals surface area contributed by atoms with E-state index >= 15 is 39.5 Å². The molecule has 0 radical (unpaired) electrons. The molecular weight excluding hydrogens is 606 g/mol. The fraction of sp³-hybridized carbons (Fsp3) is 0.833. The van der Waals surface area contributed by atoms with Crippen LogP contribution in [0.3, 0.4) is 0 Å². The van der Waals surface area contributed by atoms with Gasteiger partial charge < -0.3 is 14.6 Å². The van der Waals surface area contributed by atoms with Crippen LogP contribution in [0.5, 0.6) is 0 Å². The van der Waals surface area contributed by atoms with E-state index in [0.29, 0.717) is 0 Å². The molecule has 226 valence electrons. The molecule has 0 atom stereocenters. The third-order valence-electron chi connectivity index (χ3n) is 6.77. The van der Waals surface area contributed by atoms with E-state index in [2.05, 4.69) is 4.74 Å². The number of carboxylic acid groups (broad SMARTS) is 1. The lowest BCUT2D eigenvalue weighted by Gasteiger charge is -2.75. The summed E-state index contributed by atoms with van der Waals surface area (Å²) in [4.78, 5) is 11.2. The van der Waals surface area contributed by atoms with Crippen molar-refractivity contribution in [2.45, 2.75) is 85.1 Å². The third-order valence-corrected chi connectivity index (χ3v) is 6.77. The minimum atomic E-state index is -8.34. The number of ether oxygens (including phenoxy) is 1. The second kappa shape index (κ2) is 6.79. The third kappa shape index (κ3) is 2.38. The fourth-order valence-electron chi connectivity index (χ4n) is 5.24. The van der Waals surface area contributed by atoms with Gasteiger partial charge in [-0.2, -0.15) is 39.5 Å². The lowest BCUT2D eigenvalue weighted by atomic mass is 9.36. The molecule has 4 bridgehead atoms. The van der Waals surface area contributed by atoms with Crippen molar-refractivity contribution in [3.8, 4) is 0 Å². The molecule has 21 heteroatoms. The minimum Gasteiger partial charge on any atom is -0.545 e. The van der Waals surface area contributed by atoms with Crippen molar-refractivity contribution in [2.24, 2.45) is 5.41 Å². The predicted molar refractivity (Wildman–Crippen MR) is 82.6 cm³/mol. The van der Waals surface area contributed by atoms with Crippen molar-refractivity contribution in [3.05, 3.63) is 11.3 Å². The van der Waals surface area contributed by atoms with Gasteiger partial charge in [-0.15, -0.1) is 0 Å². The quantitative estimate of drug-likeness (QED) is 0.245. The van der Waals surface area contributed by atoms with Crippen molar-refractivity contribution >= 4 is 5.97 Å². The molecule has 3 nitrogen and oxygen atoms in total. The molecule has 0 aromatic carbocycles.